The summed E-state index contributed by atoms with van der Waals surface area (Å²) < 4.78 is 5.27. The van der Waals surface area contributed by atoms with Crippen LogP contribution >= 0.6 is 23.4 Å². The van der Waals surface area contributed by atoms with Gasteiger partial charge in [0.2, 0.25) is 11.8 Å². The maximum Gasteiger partial charge on any atom is 0.242 e. The number of hydrogen-bond donors (Lipinski definition) is 1. The Labute approximate surface area is 175 Å². The van der Waals surface area contributed by atoms with Crippen LogP contribution in [0.25, 0.3) is 0 Å². The zero-order valence-corrected chi connectivity index (χ0v) is 17.8. The molecule has 7 heteroatoms. The van der Waals surface area contributed by atoms with E-state index in [1.54, 1.807) is 31.2 Å². The number of methoxy groups -OCH3 is 1. The van der Waals surface area contributed by atoms with Gasteiger partial charge in [-0.25, -0.2) is 0 Å². The molecule has 0 bridgehead atoms. The van der Waals surface area contributed by atoms with Crippen molar-refractivity contribution in [2.24, 2.45) is 0 Å². The Hall–Kier alpha value is -2.18. The van der Waals surface area contributed by atoms with Crippen LogP contribution in [0.4, 0.5) is 0 Å². The van der Waals surface area contributed by atoms with Gasteiger partial charge in [0.1, 0.15) is 11.8 Å². The molecule has 0 aliphatic rings. The van der Waals surface area contributed by atoms with Crippen LogP contribution in [0.15, 0.2) is 53.4 Å². The highest BCUT2D eigenvalue weighted by molar-refractivity contribution is 8.00. The zero-order chi connectivity index (χ0) is 20.5. The molecule has 0 aromatic heterocycles. The van der Waals surface area contributed by atoms with E-state index in [1.165, 1.54) is 11.8 Å². The van der Waals surface area contributed by atoms with Gasteiger partial charge in [-0.2, -0.15) is 0 Å². The van der Waals surface area contributed by atoms with E-state index in [0.717, 1.165) is 10.5 Å². The number of carbonyl (C=O) groups excluding carboxylic acids is 2. The van der Waals surface area contributed by atoms with E-state index in [9.17, 15) is 9.59 Å². The van der Waals surface area contributed by atoms with E-state index >= 15 is 0 Å². The largest absolute Gasteiger partial charge is 0.497 e. The van der Waals surface area contributed by atoms with Gasteiger partial charge in [-0.1, -0.05) is 30.7 Å². The molecule has 0 radical (unpaired) electrons. The molecule has 0 heterocycles. The number of carbonyl (C=O) groups is 2. The molecule has 0 spiro atoms. The van der Waals surface area contributed by atoms with Crippen molar-refractivity contribution >= 4 is 35.2 Å². The topological polar surface area (TPSA) is 58.6 Å². The van der Waals surface area contributed by atoms with Gasteiger partial charge >= 0.3 is 0 Å². The molecule has 5 nitrogen and oxygen atoms in total. The first-order valence-electron chi connectivity index (χ1n) is 9.00. The van der Waals surface area contributed by atoms with Crippen LogP contribution in [-0.2, 0) is 16.1 Å². The third-order valence-corrected chi connectivity index (χ3v) is 5.54. The van der Waals surface area contributed by atoms with Crippen molar-refractivity contribution in [3.05, 3.63) is 59.1 Å². The number of likely N-dealkylation sites (N-methyl/N-ethyl adjacent to an activating group) is 1. The van der Waals surface area contributed by atoms with E-state index in [-0.39, 0.29) is 17.6 Å². The van der Waals surface area contributed by atoms with E-state index in [1.807, 2.05) is 43.3 Å². The van der Waals surface area contributed by atoms with Crippen molar-refractivity contribution in [2.45, 2.75) is 30.8 Å². The summed E-state index contributed by atoms with van der Waals surface area (Å²) in [6.45, 7) is 2.24. The van der Waals surface area contributed by atoms with Gasteiger partial charge in [0, 0.05) is 23.5 Å². The molecule has 2 aromatic carbocycles. The quantitative estimate of drug-likeness (QED) is 0.623. The van der Waals surface area contributed by atoms with Crippen molar-refractivity contribution in [3.63, 3.8) is 0 Å². The summed E-state index contributed by atoms with van der Waals surface area (Å²) in [5, 5.41) is 3.31. The molecule has 28 heavy (non-hydrogen) atoms. The summed E-state index contributed by atoms with van der Waals surface area (Å²) in [7, 11) is 3.19. The molecule has 150 valence electrons. The molecular weight excluding hydrogens is 396 g/mol. The molecule has 2 aromatic rings. The Bertz CT molecular complexity index is 798. The number of ether oxygens (including phenoxy) is 1. The Morgan fingerprint density at radius 2 is 1.93 bits per heavy atom. The smallest absolute Gasteiger partial charge is 0.242 e. The molecule has 1 N–H and O–H groups in total. The van der Waals surface area contributed by atoms with Crippen molar-refractivity contribution in [1.29, 1.82) is 0 Å². The summed E-state index contributed by atoms with van der Waals surface area (Å²) in [4.78, 5) is 28.0. The lowest BCUT2D eigenvalue weighted by Crippen LogP contribution is -2.48. The van der Waals surface area contributed by atoms with Crippen LogP contribution in [-0.4, -0.2) is 42.7 Å². The first-order valence-corrected chi connectivity index (χ1v) is 10.4. The maximum atomic E-state index is 13.0. The van der Waals surface area contributed by atoms with Gasteiger partial charge in [-0.3, -0.25) is 9.59 Å². The van der Waals surface area contributed by atoms with Crippen molar-refractivity contribution in [2.75, 3.05) is 19.9 Å². The van der Waals surface area contributed by atoms with Crippen LogP contribution < -0.4 is 10.1 Å². The van der Waals surface area contributed by atoms with Crippen molar-refractivity contribution in [3.8, 4) is 5.75 Å². The molecule has 1 atom stereocenters. The molecule has 0 aliphatic carbocycles. The third-order valence-electron chi connectivity index (χ3n) is 4.30. The number of rotatable bonds is 9. The molecule has 0 saturated heterocycles. The average Bonchev–Trinajstić information content (AvgIpc) is 2.72. The Kier molecular flexibility index (Phi) is 8.67. The molecule has 2 rings (SSSR count). The van der Waals surface area contributed by atoms with Crippen molar-refractivity contribution < 1.29 is 14.3 Å². The minimum Gasteiger partial charge on any atom is -0.497 e. The Balaban J connectivity index is 2.19. The Morgan fingerprint density at radius 3 is 2.54 bits per heavy atom. The highest BCUT2D eigenvalue weighted by atomic mass is 35.5. The van der Waals surface area contributed by atoms with E-state index in [2.05, 4.69) is 5.32 Å². The lowest BCUT2D eigenvalue weighted by Gasteiger charge is -2.30. The fourth-order valence-electron chi connectivity index (χ4n) is 2.81. The minimum atomic E-state index is -0.533. The lowest BCUT2D eigenvalue weighted by molar-refractivity contribution is -0.139. The summed E-state index contributed by atoms with van der Waals surface area (Å²) >= 11 is 7.34. The van der Waals surface area contributed by atoms with Gasteiger partial charge in [-0.05, 0) is 48.4 Å². The second-order valence-corrected chi connectivity index (χ2v) is 7.64. The average molecular weight is 421 g/mol. The van der Waals surface area contributed by atoms with E-state index < -0.39 is 6.04 Å². The van der Waals surface area contributed by atoms with Gasteiger partial charge in [0.25, 0.3) is 0 Å². The van der Waals surface area contributed by atoms with Gasteiger partial charge in [-0.15, -0.1) is 11.8 Å². The fourth-order valence-corrected chi connectivity index (χ4v) is 3.72. The van der Waals surface area contributed by atoms with E-state index in [0.29, 0.717) is 23.7 Å². The summed E-state index contributed by atoms with van der Waals surface area (Å²) in [6, 6.07) is 14.3. The molecule has 0 fully saturated rings. The second kappa shape index (κ2) is 11.0. The molecule has 2 amide bonds. The molecule has 0 aliphatic heterocycles. The molecule has 1 unspecified atom stereocenters. The summed E-state index contributed by atoms with van der Waals surface area (Å²) in [5.41, 5.74) is 0.909. The molecular formula is C21H25ClN2O3S. The van der Waals surface area contributed by atoms with Crippen LogP contribution in [0.5, 0.6) is 5.75 Å². The maximum absolute atomic E-state index is 13.0. The SMILES string of the molecule is CCC(C(=O)NC)N(Cc1cccc(OC)c1)C(=O)CSc1ccc(Cl)cc1. The summed E-state index contributed by atoms with van der Waals surface area (Å²) in [5.74, 6) is 0.681. The Morgan fingerprint density at radius 1 is 1.21 bits per heavy atom. The number of hydrogen-bond acceptors (Lipinski definition) is 4. The standard InChI is InChI=1S/C21H25ClN2O3S/c1-4-19(21(26)23-2)24(13-15-6-5-7-17(12-15)27-3)20(25)14-28-18-10-8-16(22)9-11-18/h5-12,19H,4,13-14H2,1-3H3,(H,23,26). The number of nitrogens with zero attached hydrogens (tertiary/aromatic N) is 1. The minimum absolute atomic E-state index is 0.0989. The van der Waals surface area contributed by atoms with Crippen molar-refractivity contribution in [1.82, 2.24) is 10.2 Å². The number of nitrogens with one attached hydrogen (secondary N) is 1. The van der Waals surface area contributed by atoms with E-state index in [4.69, 9.17) is 16.3 Å². The first kappa shape index (κ1) is 22.1. The van der Waals surface area contributed by atoms with Gasteiger partial charge in [0.15, 0.2) is 0 Å². The fraction of sp³-hybridized carbons (Fsp3) is 0.333. The zero-order valence-electron chi connectivity index (χ0n) is 16.3. The number of halogens is 1. The van der Waals surface area contributed by atoms with Crippen LogP contribution in [0.2, 0.25) is 5.02 Å². The second-order valence-electron chi connectivity index (χ2n) is 6.15. The third kappa shape index (κ3) is 6.17. The molecule has 0 saturated carbocycles. The van der Waals surface area contributed by atoms with Crippen LogP contribution in [0.3, 0.4) is 0 Å². The van der Waals surface area contributed by atoms with Gasteiger partial charge < -0.3 is 15.0 Å². The lowest BCUT2D eigenvalue weighted by atomic mass is 10.1. The normalized spacial score (nSPS) is 11.6. The predicted octanol–water partition coefficient (Wildman–Crippen LogP) is 3.99. The predicted molar refractivity (Wildman–Crippen MR) is 114 cm³/mol. The number of benzene rings is 2. The highest BCUT2D eigenvalue weighted by Crippen LogP contribution is 2.23. The first-order chi connectivity index (χ1) is 13.5. The summed E-state index contributed by atoms with van der Waals surface area (Å²) in [6.07, 6.45) is 0.529. The van der Waals surface area contributed by atoms with Crippen LogP contribution in [0.1, 0.15) is 18.9 Å². The monoisotopic (exact) mass is 420 g/mol. The number of thioether (sulfide) groups is 1. The van der Waals surface area contributed by atoms with Crippen LogP contribution in [0, 0.1) is 0 Å². The number of amides is 2. The van der Waals surface area contributed by atoms with Gasteiger partial charge in [0.05, 0.1) is 12.9 Å². The highest BCUT2D eigenvalue weighted by Gasteiger charge is 2.28.